The predicted octanol–water partition coefficient (Wildman–Crippen LogP) is 4.65. The summed E-state index contributed by atoms with van der Waals surface area (Å²) in [7, 11) is 0. The van der Waals surface area contributed by atoms with Crippen molar-refractivity contribution in [1.82, 2.24) is 5.43 Å². The number of rotatable bonds is 7. The fourth-order valence-electron chi connectivity index (χ4n) is 2.82. The fourth-order valence-corrected chi connectivity index (χ4v) is 4.03. The Labute approximate surface area is 156 Å². The molecule has 0 aromatic heterocycles. The topological polar surface area (TPSA) is 65.2 Å². The predicted molar refractivity (Wildman–Crippen MR) is 103 cm³/mol. The van der Waals surface area contributed by atoms with Gasteiger partial charge in [0.2, 0.25) is 5.91 Å². The van der Waals surface area contributed by atoms with Crippen LogP contribution in [-0.4, -0.2) is 17.4 Å². The average molecular weight is 408 g/mol. The summed E-state index contributed by atoms with van der Waals surface area (Å²) in [5.41, 5.74) is 4.94. The molecular weight excluding hydrogens is 386 g/mol. The molecule has 0 aliphatic heterocycles. The molecule has 6 heteroatoms. The highest BCUT2D eigenvalue weighted by molar-refractivity contribution is 9.10. The fraction of sp³-hybridized carbons (Fsp3) is 0.500. The van der Waals surface area contributed by atoms with E-state index >= 15 is 0 Å². The van der Waals surface area contributed by atoms with Crippen molar-refractivity contribution in [1.29, 1.82) is 5.26 Å². The van der Waals surface area contributed by atoms with E-state index in [1.54, 1.807) is 11.8 Å². The normalized spacial score (nSPS) is 19.0. The van der Waals surface area contributed by atoms with Crippen LogP contribution in [0.5, 0.6) is 0 Å². The first kappa shape index (κ1) is 19.0. The number of hydrazone groups is 1. The zero-order valence-corrected chi connectivity index (χ0v) is 16.0. The highest BCUT2D eigenvalue weighted by atomic mass is 79.9. The van der Waals surface area contributed by atoms with Crippen molar-refractivity contribution in [3.05, 3.63) is 34.3 Å². The van der Waals surface area contributed by atoms with Gasteiger partial charge in [0.05, 0.1) is 11.8 Å². The van der Waals surface area contributed by atoms with E-state index in [2.05, 4.69) is 44.7 Å². The molecule has 1 amide bonds. The minimum Gasteiger partial charge on any atom is -0.272 e. The van der Waals surface area contributed by atoms with Crippen LogP contribution < -0.4 is 5.43 Å². The number of nitrogens with one attached hydrogen (secondary N) is 1. The molecule has 24 heavy (non-hydrogen) atoms. The standard InChI is InChI=1S/C18H22BrN3OS/c19-16-8-3-5-14(11-16)12-24-13-18(23)22-21-17-9-2-1-6-15(17)7-4-10-20/h3,5,8,11,15H,1-2,4,6-7,9,12-13H2,(H,22,23)/b21-17-/t15-/m1/s1. The van der Waals surface area contributed by atoms with E-state index in [4.69, 9.17) is 5.26 Å². The number of hydrogen-bond donors (Lipinski definition) is 1. The van der Waals surface area contributed by atoms with Crippen molar-refractivity contribution >= 4 is 39.3 Å². The van der Waals surface area contributed by atoms with Crippen LogP contribution in [0.2, 0.25) is 0 Å². The maximum absolute atomic E-state index is 12.0. The number of thioether (sulfide) groups is 1. The third-order valence-electron chi connectivity index (χ3n) is 4.03. The molecule has 1 saturated carbocycles. The molecule has 1 aromatic carbocycles. The minimum absolute atomic E-state index is 0.0629. The third-order valence-corrected chi connectivity index (χ3v) is 5.52. The lowest BCUT2D eigenvalue weighted by molar-refractivity contribution is -0.118. The molecule has 1 aliphatic rings. The number of carbonyl (C=O) groups excluding carboxylic acids is 1. The Hall–Kier alpha value is -1.32. The zero-order valence-electron chi connectivity index (χ0n) is 13.6. The van der Waals surface area contributed by atoms with E-state index in [-0.39, 0.29) is 5.91 Å². The van der Waals surface area contributed by atoms with Gasteiger partial charge in [-0.1, -0.05) is 34.5 Å². The molecule has 0 heterocycles. The summed E-state index contributed by atoms with van der Waals surface area (Å²) < 4.78 is 1.05. The first-order valence-electron chi connectivity index (χ1n) is 8.23. The van der Waals surface area contributed by atoms with Gasteiger partial charge in [-0.3, -0.25) is 4.79 Å². The maximum Gasteiger partial charge on any atom is 0.250 e. The first-order chi connectivity index (χ1) is 11.7. The Bertz CT molecular complexity index is 627. The van der Waals surface area contributed by atoms with Gasteiger partial charge in [-0.2, -0.15) is 10.4 Å². The third kappa shape index (κ3) is 6.66. The lowest BCUT2D eigenvalue weighted by atomic mass is 9.84. The Balaban J connectivity index is 1.75. The second kappa shape index (κ2) is 10.5. The van der Waals surface area contributed by atoms with Gasteiger partial charge in [0.25, 0.3) is 0 Å². The van der Waals surface area contributed by atoms with Gasteiger partial charge in [-0.15, -0.1) is 11.8 Å². The van der Waals surface area contributed by atoms with Crippen LogP contribution in [0.15, 0.2) is 33.8 Å². The van der Waals surface area contributed by atoms with Crippen molar-refractivity contribution in [3.63, 3.8) is 0 Å². The molecule has 1 aromatic rings. The van der Waals surface area contributed by atoms with Crippen LogP contribution in [-0.2, 0) is 10.5 Å². The first-order valence-corrected chi connectivity index (χ1v) is 10.2. The van der Waals surface area contributed by atoms with Crippen molar-refractivity contribution in [2.45, 2.75) is 44.3 Å². The highest BCUT2D eigenvalue weighted by Crippen LogP contribution is 2.25. The zero-order chi connectivity index (χ0) is 17.2. The molecule has 128 valence electrons. The van der Waals surface area contributed by atoms with E-state index in [9.17, 15) is 4.79 Å². The van der Waals surface area contributed by atoms with Gasteiger partial charge in [0.15, 0.2) is 0 Å². The average Bonchev–Trinajstić information content (AvgIpc) is 2.59. The molecule has 0 unspecified atom stereocenters. The second-order valence-corrected chi connectivity index (χ2v) is 7.80. The van der Waals surface area contributed by atoms with Gasteiger partial charge in [-0.25, -0.2) is 5.43 Å². The van der Waals surface area contributed by atoms with Crippen molar-refractivity contribution in [2.75, 3.05) is 5.75 Å². The van der Waals surface area contributed by atoms with Gasteiger partial charge >= 0.3 is 0 Å². The summed E-state index contributed by atoms with van der Waals surface area (Å²) in [6, 6.07) is 10.3. The number of carbonyl (C=O) groups is 1. The molecule has 0 radical (unpaired) electrons. The Morgan fingerprint density at radius 2 is 2.33 bits per heavy atom. The van der Waals surface area contributed by atoms with E-state index in [0.29, 0.717) is 18.1 Å². The molecule has 1 fully saturated rings. The summed E-state index contributed by atoms with van der Waals surface area (Å²) in [6.07, 6.45) is 5.72. The number of nitrogens with zero attached hydrogens (tertiary/aromatic N) is 2. The molecule has 1 atom stereocenters. The van der Waals surface area contributed by atoms with Crippen LogP contribution in [0.4, 0.5) is 0 Å². The lowest BCUT2D eigenvalue weighted by Crippen LogP contribution is -2.26. The molecule has 0 spiro atoms. The molecule has 1 aliphatic carbocycles. The summed E-state index contributed by atoms with van der Waals surface area (Å²) in [5.74, 6) is 1.49. The van der Waals surface area contributed by atoms with Gasteiger partial charge < -0.3 is 0 Å². The van der Waals surface area contributed by atoms with E-state index < -0.39 is 0 Å². The summed E-state index contributed by atoms with van der Waals surface area (Å²) in [5, 5.41) is 13.1. The van der Waals surface area contributed by atoms with Crippen molar-refractivity contribution < 1.29 is 4.79 Å². The summed E-state index contributed by atoms with van der Waals surface area (Å²) in [6.45, 7) is 0. The van der Waals surface area contributed by atoms with E-state index in [1.807, 2.05) is 12.1 Å². The largest absolute Gasteiger partial charge is 0.272 e. The van der Waals surface area contributed by atoms with E-state index in [1.165, 1.54) is 12.0 Å². The second-order valence-electron chi connectivity index (χ2n) is 5.90. The summed E-state index contributed by atoms with van der Waals surface area (Å²) in [4.78, 5) is 12.0. The quantitative estimate of drug-likeness (QED) is 0.668. The number of benzene rings is 1. The van der Waals surface area contributed by atoms with Crippen molar-refractivity contribution in [3.8, 4) is 6.07 Å². The SMILES string of the molecule is N#CCC[C@H]1CCCC/C1=N/NC(=O)CSCc1cccc(Br)c1. The number of halogens is 1. The molecule has 0 bridgehead atoms. The maximum atomic E-state index is 12.0. The van der Waals surface area contributed by atoms with Crippen LogP contribution in [0.25, 0.3) is 0 Å². The van der Waals surface area contributed by atoms with Crippen LogP contribution in [0.3, 0.4) is 0 Å². The molecule has 0 saturated heterocycles. The molecule has 1 N–H and O–H groups in total. The van der Waals surface area contributed by atoms with Gasteiger partial charge in [0, 0.05) is 28.3 Å². The molecule has 4 nitrogen and oxygen atoms in total. The monoisotopic (exact) mass is 407 g/mol. The van der Waals surface area contributed by atoms with Crippen LogP contribution in [0, 0.1) is 17.2 Å². The van der Waals surface area contributed by atoms with E-state index in [0.717, 1.165) is 41.6 Å². The molecule has 2 rings (SSSR count). The Morgan fingerprint density at radius 3 is 3.12 bits per heavy atom. The smallest absolute Gasteiger partial charge is 0.250 e. The van der Waals surface area contributed by atoms with Crippen LogP contribution >= 0.6 is 27.7 Å². The van der Waals surface area contributed by atoms with Gasteiger partial charge in [0.1, 0.15) is 0 Å². The highest BCUT2D eigenvalue weighted by Gasteiger charge is 2.20. The number of amides is 1. The van der Waals surface area contributed by atoms with Gasteiger partial charge in [-0.05, 0) is 43.4 Å². The Kier molecular flexibility index (Phi) is 8.34. The minimum atomic E-state index is -0.0629. The lowest BCUT2D eigenvalue weighted by Gasteiger charge is -2.23. The number of hydrogen-bond acceptors (Lipinski definition) is 4. The number of nitriles is 1. The Morgan fingerprint density at radius 1 is 1.46 bits per heavy atom. The van der Waals surface area contributed by atoms with Crippen LogP contribution in [0.1, 0.15) is 44.1 Å². The molecular formula is C18H22BrN3OS. The summed E-state index contributed by atoms with van der Waals surface area (Å²) >= 11 is 5.03. The van der Waals surface area contributed by atoms with Crippen molar-refractivity contribution in [2.24, 2.45) is 11.0 Å².